The third kappa shape index (κ3) is 6.33. The number of rotatable bonds is 11. The lowest BCUT2D eigenvalue weighted by atomic mass is 9.87. The molecule has 0 bridgehead atoms. The van der Waals surface area contributed by atoms with Crippen molar-refractivity contribution in [2.24, 2.45) is 27.5 Å². The maximum absolute atomic E-state index is 13.3. The third-order valence-corrected chi connectivity index (χ3v) is 8.72. The van der Waals surface area contributed by atoms with Gasteiger partial charge < -0.3 is 37.8 Å². The minimum absolute atomic E-state index is 0.0620. The number of guanidine groups is 1. The lowest BCUT2D eigenvalue weighted by molar-refractivity contribution is -0.165. The summed E-state index contributed by atoms with van der Waals surface area (Å²) >= 11 is 0.962. The van der Waals surface area contributed by atoms with Crippen LogP contribution in [0.2, 0.25) is 0 Å². The Bertz CT molecular complexity index is 1400. The monoisotopic (exact) mass is 615 g/mol. The van der Waals surface area contributed by atoms with Crippen molar-refractivity contribution in [1.29, 1.82) is 0 Å². The second-order valence-electron chi connectivity index (χ2n) is 9.88. The molecule has 224 valence electrons. The fraction of sp³-hybridized carbons (Fsp3) is 0.571. The number of amides is 3. The molecule has 1 aliphatic carbocycles. The molecule has 0 radical (unpaired) electrons. The number of aliphatic carboxylic acids is 1. The number of hydrogen-bond donors (Lipinski definition) is 7. The number of nitrogens with one attached hydrogen (secondary N) is 2. The van der Waals surface area contributed by atoms with Crippen LogP contribution >= 0.6 is 11.3 Å². The molecule has 0 spiro atoms. The van der Waals surface area contributed by atoms with Gasteiger partial charge in [0.1, 0.15) is 11.7 Å². The Balaban J connectivity index is 1.56. The van der Waals surface area contributed by atoms with Crippen molar-refractivity contribution in [3.8, 4) is 0 Å². The number of β-lactam (4-membered cyclic amide) rings is 1. The summed E-state index contributed by atoms with van der Waals surface area (Å²) < 4.78 is 33.7. The first-order chi connectivity index (χ1) is 19.2. The number of thiazole rings is 1. The lowest BCUT2D eigenvalue weighted by Crippen LogP contribution is -2.72. The summed E-state index contributed by atoms with van der Waals surface area (Å²) in [6.45, 7) is 0.0742. The quantitative estimate of drug-likeness (QED) is 0.0446. The van der Waals surface area contributed by atoms with E-state index in [1.54, 1.807) is 0 Å². The molecule has 4 rings (SSSR count). The van der Waals surface area contributed by atoms with E-state index in [0.717, 1.165) is 11.3 Å². The van der Waals surface area contributed by atoms with Crippen LogP contribution in [0.4, 0.5) is 5.13 Å². The molecular weight excluding hydrogens is 586 g/mol. The molecule has 3 heterocycles. The third-order valence-electron chi connectivity index (χ3n) is 7.10. The number of nitrogens with zero attached hydrogens (tertiary/aromatic N) is 4. The van der Waals surface area contributed by atoms with Gasteiger partial charge in [-0.1, -0.05) is 5.16 Å². The zero-order valence-electron chi connectivity index (χ0n) is 21.4. The lowest BCUT2D eigenvalue weighted by Gasteiger charge is -2.45. The molecule has 20 heteroatoms. The van der Waals surface area contributed by atoms with E-state index in [9.17, 15) is 37.3 Å². The SMILES string of the molecule is NC(N)=NCC1C[C@H](C[C@@H]2[C@H](NC(=O)/C(=N\OC3(C(=O)O)CCCC3)c3csc(N)n3)C(=O)N2S(=O)(=O)O)C(=O)N1. The average molecular weight is 616 g/mol. The topological polar surface area (TPSA) is 295 Å². The Kier molecular flexibility index (Phi) is 8.36. The van der Waals surface area contributed by atoms with Gasteiger partial charge in [-0.05, 0) is 25.7 Å². The van der Waals surface area contributed by atoms with Crippen LogP contribution in [-0.2, 0) is 34.3 Å². The molecule has 4 atom stereocenters. The maximum atomic E-state index is 13.3. The van der Waals surface area contributed by atoms with E-state index in [-0.39, 0.29) is 53.3 Å². The van der Waals surface area contributed by atoms with Gasteiger partial charge in [0.15, 0.2) is 16.8 Å². The number of aliphatic imine (C=N–C) groups is 1. The maximum Gasteiger partial charge on any atom is 0.362 e. The normalized spacial score (nSPS) is 25.8. The molecule has 2 aliphatic heterocycles. The zero-order chi connectivity index (χ0) is 30.1. The molecule has 1 aromatic heterocycles. The number of carbonyl (C=O) groups is 4. The summed E-state index contributed by atoms with van der Waals surface area (Å²) in [5, 5.41) is 19.9. The van der Waals surface area contributed by atoms with Gasteiger partial charge in [0.25, 0.3) is 11.8 Å². The van der Waals surface area contributed by atoms with Crippen molar-refractivity contribution in [3.05, 3.63) is 11.1 Å². The number of oxime groups is 1. The molecule has 3 fully saturated rings. The van der Waals surface area contributed by atoms with Crippen molar-refractivity contribution in [2.45, 2.75) is 62.3 Å². The Hall–Kier alpha value is -4.04. The Morgan fingerprint density at radius 3 is 2.54 bits per heavy atom. The van der Waals surface area contributed by atoms with Crippen molar-refractivity contribution in [2.75, 3.05) is 12.3 Å². The summed E-state index contributed by atoms with van der Waals surface area (Å²) in [6.07, 6.45) is 1.39. The molecule has 1 unspecified atom stereocenters. The molecule has 1 aromatic rings. The number of anilines is 1. The van der Waals surface area contributed by atoms with Crippen molar-refractivity contribution in [3.63, 3.8) is 0 Å². The smallest absolute Gasteiger partial charge is 0.362 e. The molecule has 41 heavy (non-hydrogen) atoms. The van der Waals surface area contributed by atoms with E-state index >= 15 is 0 Å². The van der Waals surface area contributed by atoms with E-state index in [4.69, 9.17) is 22.0 Å². The molecule has 10 N–H and O–H groups in total. The summed E-state index contributed by atoms with van der Waals surface area (Å²) in [5.74, 6) is -4.90. The van der Waals surface area contributed by atoms with Gasteiger partial charge in [0.2, 0.25) is 11.5 Å². The number of aromatic nitrogens is 1. The standard InChI is InChI=1S/C21H29N9O9S2/c22-19(23)25-7-10-5-9(15(31)26-10)6-12-14(17(33)30(12)41(36,37)38)28-16(32)13(11-8-40-20(24)27-11)29-39-21(18(34)35)3-1-2-4-21/h8-10,12,14H,1-7H2,(H2,24,27)(H,26,31)(H,28,32)(H,34,35)(H4,22,23,25)(H,36,37,38)/b29-13-/t9-,10?,12-,14+/m1/s1. The fourth-order valence-electron chi connectivity index (χ4n) is 5.09. The molecule has 3 aliphatic rings. The fourth-order valence-corrected chi connectivity index (χ4v) is 6.52. The van der Waals surface area contributed by atoms with Crippen molar-refractivity contribution in [1.82, 2.24) is 19.9 Å². The number of hydrogen-bond acceptors (Lipinski definition) is 12. The summed E-state index contributed by atoms with van der Waals surface area (Å²) in [4.78, 5) is 63.7. The number of carboxylic acid groups (broad SMARTS) is 1. The van der Waals surface area contributed by atoms with Crippen LogP contribution in [0.5, 0.6) is 0 Å². The van der Waals surface area contributed by atoms with Gasteiger partial charge in [-0.2, -0.15) is 8.42 Å². The van der Waals surface area contributed by atoms with Crippen LogP contribution in [0.3, 0.4) is 0 Å². The highest BCUT2D eigenvalue weighted by molar-refractivity contribution is 7.84. The number of carbonyl (C=O) groups excluding carboxylic acids is 3. The van der Waals surface area contributed by atoms with Crippen LogP contribution < -0.4 is 27.8 Å². The van der Waals surface area contributed by atoms with E-state index in [1.165, 1.54) is 5.38 Å². The summed E-state index contributed by atoms with van der Waals surface area (Å²) in [7, 11) is -5.04. The second-order valence-corrected chi connectivity index (χ2v) is 12.1. The average Bonchev–Trinajstić information content (AvgIpc) is 3.61. The summed E-state index contributed by atoms with van der Waals surface area (Å²) in [6, 6.07) is -3.28. The first-order valence-electron chi connectivity index (χ1n) is 12.4. The van der Waals surface area contributed by atoms with Gasteiger partial charge in [0.05, 0.1) is 12.6 Å². The number of nitrogens with two attached hydrogens (primary N) is 3. The van der Waals surface area contributed by atoms with E-state index in [2.05, 4.69) is 25.8 Å². The summed E-state index contributed by atoms with van der Waals surface area (Å²) in [5.41, 5.74) is 14.1. The predicted molar refractivity (Wildman–Crippen MR) is 142 cm³/mol. The second kappa shape index (κ2) is 11.4. The van der Waals surface area contributed by atoms with Gasteiger partial charge in [0, 0.05) is 30.2 Å². The minimum Gasteiger partial charge on any atom is -0.478 e. The number of carboxylic acids is 1. The van der Waals surface area contributed by atoms with E-state index < -0.39 is 69.4 Å². The highest BCUT2D eigenvalue weighted by atomic mass is 32.2. The highest BCUT2D eigenvalue weighted by Crippen LogP contribution is 2.35. The van der Waals surface area contributed by atoms with Crippen LogP contribution in [0.15, 0.2) is 15.5 Å². The van der Waals surface area contributed by atoms with Crippen LogP contribution in [0, 0.1) is 5.92 Å². The molecule has 3 amide bonds. The molecular formula is C21H29N9O9S2. The molecule has 0 aromatic carbocycles. The van der Waals surface area contributed by atoms with Crippen LogP contribution in [0.25, 0.3) is 0 Å². The molecule has 1 saturated carbocycles. The largest absolute Gasteiger partial charge is 0.478 e. The highest BCUT2D eigenvalue weighted by Gasteiger charge is 2.56. The van der Waals surface area contributed by atoms with E-state index in [0.29, 0.717) is 12.8 Å². The zero-order valence-corrected chi connectivity index (χ0v) is 23.1. The van der Waals surface area contributed by atoms with E-state index in [1.807, 2.05) is 0 Å². The van der Waals surface area contributed by atoms with Gasteiger partial charge in [-0.15, -0.1) is 11.3 Å². The minimum atomic E-state index is -5.04. The Labute approximate surface area is 237 Å². The van der Waals surface area contributed by atoms with Gasteiger partial charge in [-0.3, -0.25) is 23.9 Å². The molecule has 2 saturated heterocycles. The number of nitrogen functional groups attached to an aromatic ring is 1. The first kappa shape index (κ1) is 29.9. The van der Waals surface area contributed by atoms with Crippen molar-refractivity contribution < 1.29 is 42.1 Å². The van der Waals surface area contributed by atoms with Crippen molar-refractivity contribution >= 4 is 62.1 Å². The Morgan fingerprint density at radius 2 is 1.98 bits per heavy atom. The molecule has 18 nitrogen and oxygen atoms in total. The Morgan fingerprint density at radius 1 is 1.29 bits per heavy atom. The van der Waals surface area contributed by atoms with Crippen LogP contribution in [0.1, 0.15) is 44.2 Å². The first-order valence-corrected chi connectivity index (χ1v) is 14.7. The van der Waals surface area contributed by atoms with Gasteiger partial charge in [-0.25, -0.2) is 14.1 Å². The van der Waals surface area contributed by atoms with Gasteiger partial charge >= 0.3 is 16.3 Å². The predicted octanol–water partition coefficient (Wildman–Crippen LogP) is -2.49. The van der Waals surface area contributed by atoms with Crippen LogP contribution in [-0.4, -0.2) is 93.0 Å².